The molecule has 0 aliphatic carbocycles. The van der Waals surface area contributed by atoms with Gasteiger partial charge in [-0.25, -0.2) is 4.63 Å². The Morgan fingerprint density at radius 1 is 1.32 bits per heavy atom. The summed E-state index contributed by atoms with van der Waals surface area (Å²) in [4.78, 5) is 0. The summed E-state index contributed by atoms with van der Waals surface area (Å²) in [6.07, 6.45) is 0. The molecule has 22 heavy (non-hydrogen) atoms. The van der Waals surface area contributed by atoms with E-state index in [0.717, 1.165) is 5.56 Å². The molecule has 9 heteroatoms. The van der Waals surface area contributed by atoms with E-state index in [4.69, 9.17) is 11.0 Å². The van der Waals surface area contributed by atoms with Crippen LogP contribution in [-0.4, -0.2) is 25.1 Å². The lowest BCUT2D eigenvalue weighted by Crippen LogP contribution is -1.98. The number of nitriles is 1. The average Bonchev–Trinajstić information content (AvgIpc) is 3.11. The molecule has 0 aliphatic rings. The molecule has 110 valence electrons. The normalized spacial score (nSPS) is 10.5. The van der Waals surface area contributed by atoms with Crippen LogP contribution in [0.25, 0.3) is 11.5 Å². The number of thioether (sulfide) groups is 1. The van der Waals surface area contributed by atoms with Crippen molar-refractivity contribution in [1.82, 2.24) is 25.1 Å². The molecular weight excluding hydrogens is 302 g/mol. The van der Waals surface area contributed by atoms with Crippen LogP contribution in [0.1, 0.15) is 11.1 Å². The van der Waals surface area contributed by atoms with Crippen molar-refractivity contribution in [2.24, 2.45) is 7.05 Å². The van der Waals surface area contributed by atoms with Crippen LogP contribution in [0.3, 0.4) is 0 Å². The van der Waals surface area contributed by atoms with Gasteiger partial charge in [0, 0.05) is 12.8 Å². The van der Waals surface area contributed by atoms with Gasteiger partial charge < -0.3 is 10.3 Å². The maximum atomic E-state index is 9.10. The Labute approximate surface area is 129 Å². The van der Waals surface area contributed by atoms with Gasteiger partial charge in [0.15, 0.2) is 22.5 Å². The fourth-order valence-electron chi connectivity index (χ4n) is 1.89. The minimum absolute atomic E-state index is 0.168. The summed E-state index contributed by atoms with van der Waals surface area (Å²) in [5.74, 6) is 1.26. The number of aromatic nitrogens is 5. The Hall–Kier alpha value is -2.86. The van der Waals surface area contributed by atoms with Gasteiger partial charge in [-0.15, -0.1) is 10.2 Å². The van der Waals surface area contributed by atoms with Crippen LogP contribution in [0, 0.1) is 11.3 Å². The van der Waals surface area contributed by atoms with Gasteiger partial charge in [-0.1, -0.05) is 30.0 Å². The Balaban J connectivity index is 1.82. The maximum Gasteiger partial charge on any atom is 0.199 e. The molecule has 0 atom stereocenters. The van der Waals surface area contributed by atoms with E-state index in [1.165, 1.54) is 11.8 Å². The zero-order chi connectivity index (χ0) is 15.5. The lowest BCUT2D eigenvalue weighted by Gasteiger charge is -2.04. The van der Waals surface area contributed by atoms with Crippen LogP contribution in [0.2, 0.25) is 0 Å². The maximum absolute atomic E-state index is 9.10. The molecule has 0 saturated heterocycles. The molecule has 1 aromatic carbocycles. The number of hydrogen-bond acceptors (Lipinski definition) is 8. The molecule has 2 heterocycles. The molecule has 0 aliphatic heterocycles. The summed E-state index contributed by atoms with van der Waals surface area (Å²) in [6, 6.07) is 9.63. The third kappa shape index (κ3) is 2.51. The van der Waals surface area contributed by atoms with E-state index in [0.29, 0.717) is 28.0 Å². The van der Waals surface area contributed by atoms with E-state index < -0.39 is 0 Å². The molecule has 0 saturated carbocycles. The number of rotatable bonds is 4. The molecule has 0 spiro atoms. The summed E-state index contributed by atoms with van der Waals surface area (Å²) in [5.41, 5.74) is 7.62. The lowest BCUT2D eigenvalue weighted by atomic mass is 10.1. The van der Waals surface area contributed by atoms with Crippen molar-refractivity contribution in [2.75, 3.05) is 5.73 Å². The van der Waals surface area contributed by atoms with Crippen LogP contribution in [-0.2, 0) is 12.8 Å². The third-order valence-corrected chi connectivity index (χ3v) is 4.12. The molecule has 0 bridgehead atoms. The van der Waals surface area contributed by atoms with Crippen molar-refractivity contribution in [1.29, 1.82) is 5.26 Å². The predicted molar refractivity (Wildman–Crippen MR) is 79.4 cm³/mol. The number of hydrogen-bond donors (Lipinski definition) is 1. The van der Waals surface area contributed by atoms with Gasteiger partial charge in [-0.05, 0) is 21.9 Å². The van der Waals surface area contributed by atoms with Crippen LogP contribution >= 0.6 is 11.8 Å². The number of nitrogens with zero attached hydrogens (tertiary/aromatic N) is 6. The smallest absolute Gasteiger partial charge is 0.199 e. The summed E-state index contributed by atoms with van der Waals surface area (Å²) < 4.78 is 6.33. The van der Waals surface area contributed by atoms with Crippen molar-refractivity contribution >= 4 is 17.6 Å². The van der Waals surface area contributed by atoms with Crippen LogP contribution in [0.4, 0.5) is 5.82 Å². The van der Waals surface area contributed by atoms with Crippen LogP contribution in [0.5, 0.6) is 0 Å². The average molecular weight is 313 g/mol. The number of anilines is 1. The Kier molecular flexibility index (Phi) is 3.76. The SMILES string of the molecule is Cn1c(SCc2ccccc2C#N)nnc1-c1nonc1N. The quantitative estimate of drug-likeness (QED) is 0.721. The zero-order valence-corrected chi connectivity index (χ0v) is 12.4. The van der Waals surface area contributed by atoms with Gasteiger partial charge >= 0.3 is 0 Å². The highest BCUT2D eigenvalue weighted by atomic mass is 32.2. The Bertz CT molecular complexity index is 848. The molecule has 3 rings (SSSR count). The Morgan fingerprint density at radius 2 is 2.14 bits per heavy atom. The number of nitrogen functional groups attached to an aromatic ring is 1. The summed E-state index contributed by atoms with van der Waals surface area (Å²) in [5, 5.41) is 25.2. The molecule has 0 fully saturated rings. The summed E-state index contributed by atoms with van der Waals surface area (Å²) in [7, 11) is 1.81. The predicted octanol–water partition coefficient (Wildman–Crippen LogP) is 1.61. The van der Waals surface area contributed by atoms with E-state index in [1.54, 1.807) is 10.6 Å². The van der Waals surface area contributed by atoms with Gasteiger partial charge in [0.2, 0.25) is 0 Å². The minimum atomic E-state index is 0.168. The lowest BCUT2D eigenvalue weighted by molar-refractivity contribution is 0.310. The minimum Gasteiger partial charge on any atom is -0.379 e. The van der Waals surface area contributed by atoms with Crippen LogP contribution in [0.15, 0.2) is 34.1 Å². The van der Waals surface area contributed by atoms with E-state index in [-0.39, 0.29) is 5.82 Å². The fourth-order valence-corrected chi connectivity index (χ4v) is 2.81. The topological polar surface area (TPSA) is 119 Å². The monoisotopic (exact) mass is 313 g/mol. The first-order valence-corrected chi connectivity index (χ1v) is 7.28. The first kappa shape index (κ1) is 14.1. The largest absolute Gasteiger partial charge is 0.379 e. The second-order valence-corrected chi connectivity index (χ2v) is 5.36. The highest BCUT2D eigenvalue weighted by Gasteiger charge is 2.18. The van der Waals surface area contributed by atoms with Gasteiger partial charge in [-0.2, -0.15) is 5.26 Å². The van der Waals surface area contributed by atoms with Crippen molar-refractivity contribution in [3.63, 3.8) is 0 Å². The first-order valence-electron chi connectivity index (χ1n) is 6.29. The molecule has 0 unspecified atom stereocenters. The summed E-state index contributed by atoms with van der Waals surface area (Å²) in [6.45, 7) is 0. The van der Waals surface area contributed by atoms with E-state index in [2.05, 4.69) is 31.2 Å². The third-order valence-electron chi connectivity index (χ3n) is 3.06. The highest BCUT2D eigenvalue weighted by molar-refractivity contribution is 7.98. The molecular formula is C13H11N7OS. The van der Waals surface area contributed by atoms with Crippen LogP contribution < -0.4 is 5.73 Å². The molecule has 8 nitrogen and oxygen atoms in total. The highest BCUT2D eigenvalue weighted by Crippen LogP contribution is 2.27. The van der Waals surface area contributed by atoms with Crippen molar-refractivity contribution < 1.29 is 4.63 Å². The first-order chi connectivity index (χ1) is 10.7. The summed E-state index contributed by atoms with van der Waals surface area (Å²) >= 11 is 1.47. The van der Waals surface area contributed by atoms with Crippen molar-refractivity contribution in [3.05, 3.63) is 35.4 Å². The molecule has 0 radical (unpaired) electrons. The second-order valence-electron chi connectivity index (χ2n) is 4.42. The van der Waals surface area contributed by atoms with Crippen molar-refractivity contribution in [3.8, 4) is 17.6 Å². The zero-order valence-electron chi connectivity index (χ0n) is 11.6. The molecule has 3 aromatic rings. The standard InChI is InChI=1S/C13H11N7OS/c1-20-12(10-11(15)19-21-18-10)16-17-13(20)22-7-9-5-3-2-4-8(9)6-14/h2-5H,7H2,1H3,(H2,15,19). The number of benzene rings is 1. The van der Waals surface area contributed by atoms with Gasteiger partial charge in [0.1, 0.15) is 0 Å². The Morgan fingerprint density at radius 3 is 2.86 bits per heavy atom. The molecule has 2 aromatic heterocycles. The van der Waals surface area contributed by atoms with Crippen molar-refractivity contribution in [2.45, 2.75) is 10.9 Å². The van der Waals surface area contributed by atoms with E-state index in [9.17, 15) is 0 Å². The molecule has 0 amide bonds. The van der Waals surface area contributed by atoms with Gasteiger partial charge in [0.25, 0.3) is 0 Å². The second kappa shape index (κ2) is 5.87. The molecule has 2 N–H and O–H groups in total. The van der Waals surface area contributed by atoms with Gasteiger partial charge in [-0.3, -0.25) is 0 Å². The fraction of sp³-hybridized carbons (Fsp3) is 0.154. The van der Waals surface area contributed by atoms with E-state index in [1.807, 2.05) is 25.2 Å². The van der Waals surface area contributed by atoms with Gasteiger partial charge in [0.05, 0.1) is 11.6 Å². The van der Waals surface area contributed by atoms with E-state index >= 15 is 0 Å². The number of nitrogens with two attached hydrogens (primary N) is 1.